The van der Waals surface area contributed by atoms with Crippen LogP contribution in [0.4, 0.5) is 5.69 Å². The van der Waals surface area contributed by atoms with Crippen molar-refractivity contribution in [2.45, 2.75) is 0 Å². The molecule has 0 radical (unpaired) electrons. The van der Waals surface area contributed by atoms with Crippen LogP contribution in [-0.4, -0.2) is 20.1 Å². The molecule has 2 aromatic carbocycles. The summed E-state index contributed by atoms with van der Waals surface area (Å²) in [5.41, 5.74) is 1.13. The van der Waals surface area contributed by atoms with Crippen LogP contribution >= 0.6 is 0 Å². The SMILES string of the molecule is COc1ccccc1/C=C(\C#N)C(=O)Nc1ccccc1OC. The molecule has 1 N–H and O–H groups in total. The van der Waals surface area contributed by atoms with E-state index in [9.17, 15) is 10.1 Å². The summed E-state index contributed by atoms with van der Waals surface area (Å²) < 4.78 is 10.4. The van der Waals surface area contributed by atoms with Crippen molar-refractivity contribution in [3.63, 3.8) is 0 Å². The number of carbonyl (C=O) groups excluding carboxylic acids is 1. The van der Waals surface area contributed by atoms with Crippen LogP contribution in [0.3, 0.4) is 0 Å². The lowest BCUT2D eigenvalue weighted by Gasteiger charge is -2.09. The highest BCUT2D eigenvalue weighted by molar-refractivity contribution is 6.10. The highest BCUT2D eigenvalue weighted by atomic mass is 16.5. The molecule has 0 heterocycles. The maximum atomic E-state index is 12.3. The second-order valence-electron chi connectivity index (χ2n) is 4.57. The minimum Gasteiger partial charge on any atom is -0.496 e. The van der Waals surface area contributed by atoms with Gasteiger partial charge in [0.05, 0.1) is 19.9 Å². The molecule has 5 nitrogen and oxygen atoms in total. The molecule has 116 valence electrons. The lowest BCUT2D eigenvalue weighted by atomic mass is 10.1. The molecular weight excluding hydrogens is 292 g/mol. The van der Waals surface area contributed by atoms with Crippen LogP contribution in [0.15, 0.2) is 54.1 Å². The number of amides is 1. The Morgan fingerprint density at radius 3 is 2.30 bits per heavy atom. The third-order valence-electron chi connectivity index (χ3n) is 3.16. The normalized spacial score (nSPS) is 10.6. The molecule has 0 bridgehead atoms. The molecule has 0 aliphatic heterocycles. The van der Waals surface area contributed by atoms with Crippen LogP contribution < -0.4 is 14.8 Å². The van der Waals surface area contributed by atoms with Gasteiger partial charge >= 0.3 is 0 Å². The number of hydrogen-bond acceptors (Lipinski definition) is 4. The van der Waals surface area contributed by atoms with Gasteiger partial charge in [-0.1, -0.05) is 30.3 Å². The molecule has 2 aromatic rings. The van der Waals surface area contributed by atoms with Crippen molar-refractivity contribution in [2.75, 3.05) is 19.5 Å². The zero-order valence-electron chi connectivity index (χ0n) is 12.9. The van der Waals surface area contributed by atoms with E-state index in [0.717, 1.165) is 0 Å². The van der Waals surface area contributed by atoms with E-state index in [1.807, 2.05) is 18.2 Å². The zero-order valence-corrected chi connectivity index (χ0v) is 12.9. The van der Waals surface area contributed by atoms with Crippen LogP contribution in [0.25, 0.3) is 6.08 Å². The predicted octanol–water partition coefficient (Wildman–Crippen LogP) is 3.25. The molecule has 0 aromatic heterocycles. The highest BCUT2D eigenvalue weighted by Crippen LogP contribution is 2.24. The largest absolute Gasteiger partial charge is 0.496 e. The van der Waals surface area contributed by atoms with Crippen LogP contribution in [0, 0.1) is 11.3 Å². The van der Waals surface area contributed by atoms with Gasteiger partial charge in [0.2, 0.25) is 0 Å². The van der Waals surface area contributed by atoms with Crippen LogP contribution in [0.5, 0.6) is 11.5 Å². The van der Waals surface area contributed by atoms with Gasteiger partial charge in [-0.05, 0) is 24.3 Å². The average Bonchev–Trinajstić information content (AvgIpc) is 2.60. The molecule has 0 saturated heterocycles. The molecule has 0 fully saturated rings. The Labute approximate surface area is 134 Å². The molecule has 0 aliphatic rings. The number of benzene rings is 2. The van der Waals surface area contributed by atoms with Crippen molar-refractivity contribution in [1.82, 2.24) is 0 Å². The maximum absolute atomic E-state index is 12.3. The molecule has 5 heteroatoms. The predicted molar refractivity (Wildman–Crippen MR) is 88.2 cm³/mol. The Morgan fingerprint density at radius 1 is 1.04 bits per heavy atom. The van der Waals surface area contributed by atoms with E-state index in [4.69, 9.17) is 9.47 Å². The minimum absolute atomic E-state index is 0.0274. The third-order valence-corrected chi connectivity index (χ3v) is 3.16. The molecule has 2 rings (SSSR count). The van der Waals surface area contributed by atoms with Crippen LogP contribution in [0.2, 0.25) is 0 Å². The first-order valence-corrected chi connectivity index (χ1v) is 6.88. The Morgan fingerprint density at radius 2 is 1.65 bits per heavy atom. The summed E-state index contributed by atoms with van der Waals surface area (Å²) in [4.78, 5) is 12.3. The number of para-hydroxylation sites is 3. The minimum atomic E-state index is -0.511. The summed E-state index contributed by atoms with van der Waals surface area (Å²) in [5.74, 6) is 0.601. The van der Waals surface area contributed by atoms with Crippen molar-refractivity contribution in [2.24, 2.45) is 0 Å². The van der Waals surface area contributed by atoms with E-state index >= 15 is 0 Å². The molecule has 0 atom stereocenters. The van der Waals surface area contributed by atoms with Gasteiger partial charge < -0.3 is 14.8 Å². The molecule has 0 unspecified atom stereocenters. The lowest BCUT2D eigenvalue weighted by Crippen LogP contribution is -2.14. The van der Waals surface area contributed by atoms with E-state index in [1.54, 1.807) is 36.4 Å². The fraction of sp³-hybridized carbons (Fsp3) is 0.111. The van der Waals surface area contributed by atoms with Gasteiger partial charge in [0, 0.05) is 5.56 Å². The monoisotopic (exact) mass is 308 g/mol. The third kappa shape index (κ3) is 3.89. The van der Waals surface area contributed by atoms with Gasteiger partial charge in [-0.2, -0.15) is 5.26 Å². The number of ether oxygens (including phenoxy) is 2. The zero-order chi connectivity index (χ0) is 16.7. The maximum Gasteiger partial charge on any atom is 0.266 e. The average molecular weight is 308 g/mol. The first kappa shape index (κ1) is 16.1. The van der Waals surface area contributed by atoms with E-state index in [2.05, 4.69) is 5.32 Å². The summed E-state index contributed by atoms with van der Waals surface area (Å²) in [5, 5.41) is 11.9. The molecule has 0 aliphatic carbocycles. The van der Waals surface area contributed by atoms with Crippen molar-refractivity contribution < 1.29 is 14.3 Å². The number of nitrogens with zero attached hydrogens (tertiary/aromatic N) is 1. The Bertz CT molecular complexity index is 776. The smallest absolute Gasteiger partial charge is 0.266 e. The van der Waals surface area contributed by atoms with E-state index < -0.39 is 5.91 Å². The molecule has 0 saturated carbocycles. The van der Waals surface area contributed by atoms with Gasteiger partial charge in [-0.3, -0.25) is 4.79 Å². The first-order chi connectivity index (χ1) is 11.2. The number of nitriles is 1. The Balaban J connectivity index is 2.29. The highest BCUT2D eigenvalue weighted by Gasteiger charge is 2.13. The van der Waals surface area contributed by atoms with Crippen molar-refractivity contribution in [3.05, 3.63) is 59.7 Å². The van der Waals surface area contributed by atoms with E-state index in [0.29, 0.717) is 22.7 Å². The summed E-state index contributed by atoms with van der Waals surface area (Å²) in [6, 6.07) is 16.1. The Kier molecular flexibility index (Phi) is 5.37. The molecule has 1 amide bonds. The summed E-state index contributed by atoms with van der Waals surface area (Å²) in [6.45, 7) is 0. The number of rotatable bonds is 5. The summed E-state index contributed by atoms with van der Waals surface area (Å²) >= 11 is 0. The molecule has 0 spiro atoms. The number of carbonyl (C=O) groups is 1. The van der Waals surface area contributed by atoms with Gasteiger partial charge in [0.25, 0.3) is 5.91 Å². The van der Waals surface area contributed by atoms with Gasteiger partial charge in [0.1, 0.15) is 23.1 Å². The van der Waals surface area contributed by atoms with E-state index in [-0.39, 0.29) is 5.57 Å². The fourth-order valence-corrected chi connectivity index (χ4v) is 2.03. The van der Waals surface area contributed by atoms with E-state index in [1.165, 1.54) is 20.3 Å². The van der Waals surface area contributed by atoms with Crippen LogP contribution in [-0.2, 0) is 4.79 Å². The molecular formula is C18H16N2O3. The van der Waals surface area contributed by atoms with Crippen molar-refractivity contribution in [3.8, 4) is 17.6 Å². The molecule has 23 heavy (non-hydrogen) atoms. The number of methoxy groups -OCH3 is 2. The lowest BCUT2D eigenvalue weighted by molar-refractivity contribution is -0.112. The topological polar surface area (TPSA) is 71.3 Å². The van der Waals surface area contributed by atoms with Gasteiger partial charge in [-0.25, -0.2) is 0 Å². The standard InChI is InChI=1S/C18H16N2O3/c1-22-16-9-5-3-7-13(16)11-14(12-19)18(21)20-15-8-4-6-10-17(15)23-2/h3-11H,1-2H3,(H,20,21)/b14-11+. The number of nitrogens with one attached hydrogen (secondary N) is 1. The summed E-state index contributed by atoms with van der Waals surface area (Å²) in [7, 11) is 3.05. The van der Waals surface area contributed by atoms with Crippen molar-refractivity contribution in [1.29, 1.82) is 5.26 Å². The summed E-state index contributed by atoms with van der Waals surface area (Å²) in [6.07, 6.45) is 1.49. The second kappa shape index (κ2) is 7.66. The number of hydrogen-bond donors (Lipinski definition) is 1. The van der Waals surface area contributed by atoms with Gasteiger partial charge in [-0.15, -0.1) is 0 Å². The second-order valence-corrected chi connectivity index (χ2v) is 4.57. The van der Waals surface area contributed by atoms with Crippen molar-refractivity contribution >= 4 is 17.7 Å². The fourth-order valence-electron chi connectivity index (χ4n) is 2.03. The quantitative estimate of drug-likeness (QED) is 0.680. The number of anilines is 1. The van der Waals surface area contributed by atoms with Gasteiger partial charge in [0.15, 0.2) is 0 Å². The Hall–Kier alpha value is -3.26. The first-order valence-electron chi connectivity index (χ1n) is 6.88. The van der Waals surface area contributed by atoms with Crippen LogP contribution in [0.1, 0.15) is 5.56 Å².